The first-order chi connectivity index (χ1) is 9.65. The van der Waals surface area contributed by atoms with Crippen LogP contribution in [0.4, 0.5) is 5.69 Å². The van der Waals surface area contributed by atoms with Crippen molar-refractivity contribution in [2.45, 2.75) is 38.2 Å². The highest BCUT2D eigenvalue weighted by Gasteiger charge is 2.28. The molecule has 118 valence electrons. The van der Waals surface area contributed by atoms with E-state index in [9.17, 15) is 23.6 Å². The van der Waals surface area contributed by atoms with Gasteiger partial charge >= 0.3 is 0 Å². The van der Waals surface area contributed by atoms with Crippen LogP contribution in [0.25, 0.3) is 0 Å². The molecule has 0 amide bonds. The van der Waals surface area contributed by atoms with Gasteiger partial charge in [0, 0.05) is 12.6 Å². The minimum atomic E-state index is -4.05. The number of aliphatic hydroxyl groups excluding tert-OH is 1. The highest BCUT2D eigenvalue weighted by molar-refractivity contribution is 7.89. The molecule has 1 atom stereocenters. The Bertz CT molecular complexity index is 613. The molecular weight excluding hydrogens is 296 g/mol. The van der Waals surface area contributed by atoms with Crippen molar-refractivity contribution in [3.05, 3.63) is 33.9 Å². The summed E-state index contributed by atoms with van der Waals surface area (Å²) >= 11 is 0. The zero-order valence-corrected chi connectivity index (χ0v) is 13.1. The van der Waals surface area contributed by atoms with Gasteiger partial charge in [0.15, 0.2) is 4.90 Å². The zero-order valence-electron chi connectivity index (χ0n) is 12.2. The van der Waals surface area contributed by atoms with E-state index in [2.05, 4.69) is 4.72 Å². The lowest BCUT2D eigenvalue weighted by molar-refractivity contribution is -0.387. The first-order valence-electron chi connectivity index (χ1n) is 6.57. The Labute approximate surface area is 124 Å². The maximum absolute atomic E-state index is 12.2. The Morgan fingerprint density at radius 2 is 2.00 bits per heavy atom. The van der Waals surface area contributed by atoms with Crippen LogP contribution in [0.3, 0.4) is 0 Å². The van der Waals surface area contributed by atoms with Gasteiger partial charge in [0.05, 0.1) is 11.0 Å². The molecule has 0 saturated carbocycles. The van der Waals surface area contributed by atoms with Crippen molar-refractivity contribution in [2.24, 2.45) is 5.92 Å². The SMILES string of the molecule is Cc1cccc([N+](=O)[O-])c1S(=O)(=O)NCC(O)CC(C)C. The van der Waals surface area contributed by atoms with Crippen molar-refractivity contribution < 1.29 is 18.4 Å². The molecule has 1 unspecified atom stereocenters. The van der Waals surface area contributed by atoms with Crippen molar-refractivity contribution >= 4 is 15.7 Å². The van der Waals surface area contributed by atoms with E-state index in [1.54, 1.807) is 0 Å². The minimum absolute atomic E-state index is 0.175. The molecule has 0 aromatic heterocycles. The zero-order chi connectivity index (χ0) is 16.2. The average Bonchev–Trinajstić information content (AvgIpc) is 2.35. The van der Waals surface area contributed by atoms with Crippen LogP contribution in [0.15, 0.2) is 23.1 Å². The monoisotopic (exact) mass is 316 g/mol. The third-order valence-electron chi connectivity index (χ3n) is 2.91. The van der Waals surface area contributed by atoms with Crippen molar-refractivity contribution in [2.75, 3.05) is 6.54 Å². The molecule has 0 saturated heterocycles. The number of nitro benzene ring substituents is 1. The van der Waals surface area contributed by atoms with Gasteiger partial charge in [-0.1, -0.05) is 26.0 Å². The smallest absolute Gasteiger partial charge is 0.289 e. The Morgan fingerprint density at radius 3 is 2.52 bits per heavy atom. The van der Waals surface area contributed by atoms with Crippen molar-refractivity contribution in [3.8, 4) is 0 Å². The molecule has 21 heavy (non-hydrogen) atoms. The summed E-state index contributed by atoms with van der Waals surface area (Å²) in [6.07, 6.45) is -0.388. The quantitative estimate of drug-likeness (QED) is 0.586. The third-order valence-corrected chi connectivity index (χ3v) is 4.52. The number of nitrogens with one attached hydrogen (secondary N) is 1. The summed E-state index contributed by atoms with van der Waals surface area (Å²) in [6, 6.07) is 4.07. The normalized spacial score (nSPS) is 13.4. The first-order valence-corrected chi connectivity index (χ1v) is 8.05. The van der Waals surface area contributed by atoms with E-state index in [0.717, 1.165) is 6.07 Å². The maximum atomic E-state index is 12.2. The van der Waals surface area contributed by atoms with Gasteiger partial charge in [0.25, 0.3) is 5.69 Å². The number of rotatable bonds is 7. The second kappa shape index (κ2) is 6.97. The molecule has 0 bridgehead atoms. The van der Waals surface area contributed by atoms with Crippen molar-refractivity contribution in [3.63, 3.8) is 0 Å². The predicted octanol–water partition coefficient (Wildman–Crippen LogP) is 1.59. The van der Waals surface area contributed by atoms with E-state index in [4.69, 9.17) is 0 Å². The predicted molar refractivity (Wildman–Crippen MR) is 78.5 cm³/mol. The summed E-state index contributed by atoms with van der Waals surface area (Å²) in [7, 11) is -4.05. The molecule has 1 aromatic carbocycles. The molecule has 0 aliphatic rings. The van der Waals surface area contributed by atoms with Crippen LogP contribution in [-0.2, 0) is 10.0 Å². The van der Waals surface area contributed by atoms with Crippen LogP contribution >= 0.6 is 0 Å². The molecule has 1 rings (SSSR count). The number of nitro groups is 1. The van der Waals surface area contributed by atoms with Crippen LogP contribution in [0, 0.1) is 23.0 Å². The van der Waals surface area contributed by atoms with E-state index in [1.807, 2.05) is 13.8 Å². The molecule has 0 heterocycles. The summed E-state index contributed by atoms with van der Waals surface area (Å²) in [5, 5.41) is 20.7. The number of sulfonamides is 1. The summed E-state index contributed by atoms with van der Waals surface area (Å²) in [5.41, 5.74) is -0.184. The van der Waals surface area contributed by atoms with Gasteiger partial charge in [-0.25, -0.2) is 13.1 Å². The lowest BCUT2D eigenvalue weighted by atomic mass is 10.1. The fourth-order valence-corrected chi connectivity index (χ4v) is 3.50. The average molecular weight is 316 g/mol. The second-order valence-electron chi connectivity index (χ2n) is 5.32. The number of hydrogen-bond acceptors (Lipinski definition) is 5. The summed E-state index contributed by atoms with van der Waals surface area (Å²) < 4.78 is 26.7. The van der Waals surface area contributed by atoms with Gasteiger partial charge in [-0.2, -0.15) is 0 Å². The minimum Gasteiger partial charge on any atom is -0.392 e. The molecule has 0 radical (unpaired) electrons. The van der Waals surface area contributed by atoms with E-state index in [-0.39, 0.29) is 22.9 Å². The molecule has 0 aliphatic carbocycles. The lowest BCUT2D eigenvalue weighted by Crippen LogP contribution is -2.33. The molecule has 1 aromatic rings. The highest BCUT2D eigenvalue weighted by atomic mass is 32.2. The topological polar surface area (TPSA) is 110 Å². The number of aliphatic hydroxyl groups is 1. The number of hydrogen-bond donors (Lipinski definition) is 2. The Balaban J connectivity index is 3.01. The van der Waals surface area contributed by atoms with Crippen molar-refractivity contribution in [1.29, 1.82) is 0 Å². The summed E-state index contributed by atoms with van der Waals surface area (Å²) in [4.78, 5) is 9.88. The summed E-state index contributed by atoms with van der Waals surface area (Å²) in [6.45, 7) is 5.13. The second-order valence-corrected chi connectivity index (χ2v) is 7.02. The van der Waals surface area contributed by atoms with Crippen LogP contribution in [0.1, 0.15) is 25.8 Å². The molecule has 2 N–H and O–H groups in total. The van der Waals surface area contributed by atoms with Gasteiger partial charge in [-0.05, 0) is 24.8 Å². The Kier molecular flexibility index (Phi) is 5.82. The van der Waals surface area contributed by atoms with Crippen LogP contribution in [-0.4, -0.2) is 31.1 Å². The number of aryl methyl sites for hydroxylation is 1. The lowest BCUT2D eigenvalue weighted by Gasteiger charge is -2.15. The fourth-order valence-electron chi connectivity index (χ4n) is 2.04. The molecule has 0 spiro atoms. The van der Waals surface area contributed by atoms with Crippen LogP contribution < -0.4 is 4.72 Å². The third kappa shape index (κ3) is 4.76. The fraction of sp³-hybridized carbons (Fsp3) is 0.538. The molecule has 0 aliphatic heterocycles. The van der Waals surface area contributed by atoms with Crippen LogP contribution in [0.5, 0.6) is 0 Å². The maximum Gasteiger partial charge on any atom is 0.289 e. The standard InChI is InChI=1S/C13H20N2O5S/c1-9(2)7-11(16)8-14-21(19,20)13-10(3)5-4-6-12(13)15(17)18/h4-6,9,11,14,16H,7-8H2,1-3H3. The number of benzene rings is 1. The Morgan fingerprint density at radius 1 is 1.38 bits per heavy atom. The van der Waals surface area contributed by atoms with Gasteiger partial charge in [0.1, 0.15) is 0 Å². The Hall–Kier alpha value is -1.51. The van der Waals surface area contributed by atoms with E-state index >= 15 is 0 Å². The van der Waals surface area contributed by atoms with Crippen LogP contribution in [0.2, 0.25) is 0 Å². The molecular formula is C13H20N2O5S. The molecule has 0 fully saturated rings. The van der Waals surface area contributed by atoms with E-state index in [1.165, 1.54) is 19.1 Å². The van der Waals surface area contributed by atoms with Gasteiger partial charge < -0.3 is 5.11 Å². The first kappa shape index (κ1) is 17.5. The van der Waals surface area contributed by atoms with Gasteiger partial charge in [-0.15, -0.1) is 0 Å². The largest absolute Gasteiger partial charge is 0.392 e. The van der Waals surface area contributed by atoms with E-state index < -0.39 is 26.7 Å². The molecule has 8 heteroatoms. The van der Waals surface area contributed by atoms with E-state index in [0.29, 0.717) is 6.42 Å². The van der Waals surface area contributed by atoms with Gasteiger partial charge in [-0.3, -0.25) is 10.1 Å². The van der Waals surface area contributed by atoms with Gasteiger partial charge in [0.2, 0.25) is 10.0 Å². The molecule has 7 nitrogen and oxygen atoms in total. The highest BCUT2D eigenvalue weighted by Crippen LogP contribution is 2.26. The number of nitrogens with zero attached hydrogens (tertiary/aromatic N) is 1. The van der Waals surface area contributed by atoms with Crippen molar-refractivity contribution in [1.82, 2.24) is 4.72 Å². The summed E-state index contributed by atoms with van der Waals surface area (Å²) in [5.74, 6) is 0.220.